The van der Waals surface area contributed by atoms with Crippen molar-refractivity contribution in [2.24, 2.45) is 0 Å². The molecule has 148 valence electrons. The molecule has 0 aliphatic carbocycles. The molecule has 28 heavy (non-hydrogen) atoms. The van der Waals surface area contributed by atoms with Gasteiger partial charge in [-0.3, -0.25) is 4.79 Å². The van der Waals surface area contributed by atoms with Crippen molar-refractivity contribution in [3.63, 3.8) is 0 Å². The zero-order chi connectivity index (χ0) is 20.1. The molecule has 2 N–H and O–H groups in total. The topological polar surface area (TPSA) is 101 Å². The zero-order valence-corrected chi connectivity index (χ0v) is 17.7. The van der Waals surface area contributed by atoms with Crippen LogP contribution in [0.15, 0.2) is 38.4 Å². The predicted octanol–water partition coefficient (Wildman–Crippen LogP) is 4.10. The first-order valence-electron chi connectivity index (χ1n) is 8.45. The molecule has 0 aromatic carbocycles. The van der Waals surface area contributed by atoms with Crippen LogP contribution in [-0.4, -0.2) is 19.5 Å². The van der Waals surface area contributed by atoms with Crippen molar-refractivity contribution >= 4 is 56.4 Å². The van der Waals surface area contributed by atoms with Gasteiger partial charge >= 0.3 is 0 Å². The quantitative estimate of drug-likeness (QED) is 0.552. The Morgan fingerprint density at radius 3 is 2.82 bits per heavy atom. The van der Waals surface area contributed by atoms with Crippen LogP contribution < -0.4 is 10.0 Å². The van der Waals surface area contributed by atoms with E-state index < -0.39 is 10.0 Å². The summed E-state index contributed by atoms with van der Waals surface area (Å²) >= 11 is 2.64. The van der Waals surface area contributed by atoms with Crippen molar-refractivity contribution < 1.29 is 17.7 Å². The molecule has 3 rings (SSSR count). The number of sulfonamides is 1. The number of rotatable bonds is 8. The van der Waals surface area contributed by atoms with Crippen LogP contribution in [0.2, 0.25) is 0 Å². The van der Waals surface area contributed by atoms with Gasteiger partial charge in [0.25, 0.3) is 0 Å². The molecule has 7 nitrogen and oxygen atoms in total. The lowest BCUT2D eigenvalue weighted by molar-refractivity contribution is -0.115. The Morgan fingerprint density at radius 2 is 2.11 bits per heavy atom. The van der Waals surface area contributed by atoms with Crippen LogP contribution in [0.3, 0.4) is 0 Å². The van der Waals surface area contributed by atoms with Crippen LogP contribution in [0.4, 0.5) is 5.69 Å². The first-order chi connectivity index (χ1) is 13.4. The number of nitrogens with one attached hydrogen (secondary N) is 2. The Labute approximate surface area is 171 Å². The third-order valence-corrected chi connectivity index (χ3v) is 7.58. The summed E-state index contributed by atoms with van der Waals surface area (Å²) in [5, 5.41) is 8.53. The van der Waals surface area contributed by atoms with E-state index in [1.165, 1.54) is 11.3 Å². The van der Waals surface area contributed by atoms with Gasteiger partial charge < -0.3 is 9.84 Å². The number of anilines is 1. The Morgan fingerprint density at radius 1 is 1.29 bits per heavy atom. The lowest BCUT2D eigenvalue weighted by Crippen LogP contribution is -2.21. The van der Waals surface area contributed by atoms with Gasteiger partial charge in [-0.15, -0.1) is 22.7 Å². The van der Waals surface area contributed by atoms with Crippen LogP contribution in [-0.2, 0) is 21.4 Å². The maximum absolute atomic E-state index is 12.4. The van der Waals surface area contributed by atoms with Crippen molar-refractivity contribution in [2.45, 2.75) is 31.0 Å². The summed E-state index contributed by atoms with van der Waals surface area (Å²) in [5.74, 6) is 0.273. The molecule has 0 unspecified atom stereocenters. The number of amides is 1. The summed E-state index contributed by atoms with van der Waals surface area (Å²) in [4.78, 5) is 13.3. The number of hydrogen-bond acceptors (Lipinski definition) is 7. The van der Waals surface area contributed by atoms with Crippen molar-refractivity contribution in [2.75, 3.05) is 5.32 Å². The van der Waals surface area contributed by atoms with Gasteiger partial charge in [-0.05, 0) is 42.7 Å². The van der Waals surface area contributed by atoms with Crippen LogP contribution in [0.25, 0.3) is 12.2 Å². The molecule has 10 heteroatoms. The maximum Gasteiger partial charge on any atom is 0.250 e. The van der Waals surface area contributed by atoms with Crippen molar-refractivity contribution in [1.29, 1.82) is 0 Å². The summed E-state index contributed by atoms with van der Waals surface area (Å²) in [6.07, 6.45) is 3.73. The fraction of sp³-hybridized carbons (Fsp3) is 0.222. The number of thiophene rings is 2. The van der Waals surface area contributed by atoms with Gasteiger partial charge in [0.1, 0.15) is 15.6 Å². The minimum absolute atomic E-state index is 0.137. The smallest absolute Gasteiger partial charge is 0.250 e. The highest BCUT2D eigenvalue weighted by Crippen LogP contribution is 2.26. The second kappa shape index (κ2) is 8.82. The van der Waals surface area contributed by atoms with Crippen LogP contribution in [0.1, 0.15) is 34.6 Å². The van der Waals surface area contributed by atoms with E-state index in [-0.39, 0.29) is 16.7 Å². The highest BCUT2D eigenvalue weighted by Gasteiger charge is 2.17. The summed E-state index contributed by atoms with van der Waals surface area (Å²) in [6.45, 7) is 3.76. The SMILES string of the molecule is CCC(=O)Nc1c(C)noc1/C=C/c1ccc(S(=O)(=O)NCc2cccs2)s1. The van der Waals surface area contributed by atoms with E-state index in [2.05, 4.69) is 15.2 Å². The van der Waals surface area contributed by atoms with E-state index in [9.17, 15) is 13.2 Å². The average molecular weight is 438 g/mol. The first kappa shape index (κ1) is 20.5. The summed E-state index contributed by atoms with van der Waals surface area (Å²) in [5.41, 5.74) is 1.10. The van der Waals surface area contributed by atoms with E-state index >= 15 is 0 Å². The van der Waals surface area contributed by atoms with E-state index in [1.807, 2.05) is 17.5 Å². The zero-order valence-electron chi connectivity index (χ0n) is 15.3. The van der Waals surface area contributed by atoms with Crippen molar-refractivity contribution in [3.8, 4) is 0 Å². The second-order valence-corrected chi connectivity index (χ2v) is 9.94. The highest BCUT2D eigenvalue weighted by molar-refractivity contribution is 7.91. The van der Waals surface area contributed by atoms with Gasteiger partial charge in [-0.2, -0.15) is 0 Å². The van der Waals surface area contributed by atoms with Crippen LogP contribution in [0, 0.1) is 6.92 Å². The lowest BCUT2D eigenvalue weighted by atomic mass is 10.2. The number of aryl methyl sites for hydroxylation is 1. The number of nitrogens with zero attached hydrogens (tertiary/aromatic N) is 1. The number of aromatic nitrogens is 1. The first-order valence-corrected chi connectivity index (χ1v) is 11.6. The minimum atomic E-state index is -3.57. The van der Waals surface area contributed by atoms with Gasteiger partial charge in [-0.1, -0.05) is 18.1 Å². The Bertz CT molecular complexity index is 1080. The molecule has 3 aromatic heterocycles. The number of hydrogen-bond donors (Lipinski definition) is 2. The molecule has 0 saturated carbocycles. The third-order valence-electron chi connectivity index (χ3n) is 3.76. The Balaban J connectivity index is 1.71. The van der Waals surface area contributed by atoms with Crippen LogP contribution in [0.5, 0.6) is 0 Å². The molecular weight excluding hydrogens is 418 g/mol. The number of carbonyl (C=O) groups is 1. The van der Waals surface area contributed by atoms with Gasteiger partial charge in [0.05, 0.1) is 0 Å². The van der Waals surface area contributed by atoms with E-state index in [4.69, 9.17) is 4.52 Å². The monoisotopic (exact) mass is 437 g/mol. The molecule has 0 radical (unpaired) electrons. The highest BCUT2D eigenvalue weighted by atomic mass is 32.2. The molecule has 3 heterocycles. The fourth-order valence-electron chi connectivity index (χ4n) is 2.26. The Kier molecular flexibility index (Phi) is 6.45. The Hall–Kier alpha value is -2.27. The van der Waals surface area contributed by atoms with E-state index in [1.54, 1.807) is 38.1 Å². The van der Waals surface area contributed by atoms with E-state index in [0.29, 0.717) is 23.6 Å². The maximum atomic E-state index is 12.4. The third kappa shape index (κ3) is 4.96. The molecule has 3 aromatic rings. The molecule has 0 aliphatic heterocycles. The van der Waals surface area contributed by atoms with Gasteiger partial charge in [0.2, 0.25) is 15.9 Å². The van der Waals surface area contributed by atoms with Gasteiger partial charge in [-0.25, -0.2) is 13.1 Å². The molecule has 0 spiro atoms. The summed E-state index contributed by atoms with van der Waals surface area (Å²) in [7, 11) is -3.57. The summed E-state index contributed by atoms with van der Waals surface area (Å²) in [6, 6.07) is 7.04. The molecule has 0 atom stereocenters. The van der Waals surface area contributed by atoms with E-state index in [0.717, 1.165) is 21.1 Å². The normalized spacial score (nSPS) is 11.9. The molecule has 0 fully saturated rings. The molecule has 1 amide bonds. The van der Waals surface area contributed by atoms with Gasteiger partial charge in [0, 0.05) is 22.7 Å². The lowest BCUT2D eigenvalue weighted by Gasteiger charge is -2.02. The standard InChI is InChI=1S/C18H19N3O4S3/c1-3-16(22)20-18-12(2)21-25-15(18)8-6-13-7-9-17(27-13)28(23,24)19-11-14-5-4-10-26-14/h4-10,19H,3,11H2,1-2H3,(H,20,22)/b8-6+. The molecular formula is C18H19N3O4S3. The average Bonchev–Trinajstić information content (AvgIpc) is 3.41. The minimum Gasteiger partial charge on any atom is -0.354 e. The van der Waals surface area contributed by atoms with Gasteiger partial charge in [0.15, 0.2) is 5.76 Å². The number of carbonyl (C=O) groups excluding carboxylic acids is 1. The molecule has 0 bridgehead atoms. The van der Waals surface area contributed by atoms with Crippen LogP contribution >= 0.6 is 22.7 Å². The van der Waals surface area contributed by atoms with Crippen molar-refractivity contribution in [1.82, 2.24) is 9.88 Å². The fourth-order valence-corrected chi connectivity index (χ4v) is 5.27. The molecule has 0 aliphatic rings. The predicted molar refractivity (Wildman–Crippen MR) is 112 cm³/mol. The molecule has 0 saturated heterocycles. The second-order valence-electron chi connectivity index (χ2n) is 5.80. The summed E-state index contributed by atoms with van der Waals surface area (Å²) < 4.78 is 32.9. The largest absolute Gasteiger partial charge is 0.354 e. The van der Waals surface area contributed by atoms with Crippen molar-refractivity contribution in [3.05, 3.63) is 50.9 Å².